The predicted molar refractivity (Wildman–Crippen MR) is 133 cm³/mol. The lowest BCUT2D eigenvalue weighted by Gasteiger charge is -2.40. The van der Waals surface area contributed by atoms with Gasteiger partial charge >= 0.3 is 0 Å². The Balaban J connectivity index is 1.50. The Labute approximate surface area is 211 Å². The highest BCUT2D eigenvalue weighted by atomic mass is 35.5. The average Bonchev–Trinajstić information content (AvgIpc) is 3.40. The first-order valence-corrected chi connectivity index (χ1v) is 12.3. The van der Waals surface area contributed by atoms with Crippen LogP contribution in [-0.2, 0) is 5.66 Å². The monoisotopic (exact) mass is 498 g/mol. The molecule has 2 aromatic carbocycles. The quantitative estimate of drug-likeness (QED) is 0.392. The summed E-state index contributed by atoms with van der Waals surface area (Å²) >= 11 is 7.64. The van der Waals surface area contributed by atoms with Gasteiger partial charge in [0.15, 0.2) is 5.66 Å². The zero-order valence-electron chi connectivity index (χ0n) is 18.5. The van der Waals surface area contributed by atoms with Crippen LogP contribution >= 0.6 is 23.4 Å². The molecule has 2 aliphatic rings. The zero-order valence-corrected chi connectivity index (χ0v) is 20.0. The molecule has 8 heteroatoms. The van der Waals surface area contributed by atoms with Crippen molar-refractivity contribution in [1.29, 1.82) is 0 Å². The summed E-state index contributed by atoms with van der Waals surface area (Å²) in [5.41, 5.74) is 1.42. The first-order chi connectivity index (χ1) is 17.1. The maximum Gasteiger partial charge on any atom is 0.259 e. The molecule has 1 saturated heterocycles. The summed E-state index contributed by atoms with van der Waals surface area (Å²) in [6, 6.07) is 22.4. The van der Waals surface area contributed by atoms with Crippen LogP contribution in [0.25, 0.3) is 0 Å². The zero-order chi connectivity index (χ0) is 24.0. The smallest absolute Gasteiger partial charge is 0.259 e. The number of amides is 2. The van der Waals surface area contributed by atoms with Crippen molar-refractivity contribution in [3.05, 3.63) is 119 Å². The molecular formula is C27H19ClN4O2S. The van der Waals surface area contributed by atoms with Gasteiger partial charge in [-0.05, 0) is 42.5 Å². The molecule has 1 atom stereocenters. The summed E-state index contributed by atoms with van der Waals surface area (Å²) in [6.07, 6.45) is 4.98. The number of halogens is 1. The number of pyridine rings is 2. The van der Waals surface area contributed by atoms with Crippen molar-refractivity contribution in [2.75, 3.05) is 13.1 Å². The van der Waals surface area contributed by atoms with Crippen molar-refractivity contribution in [3.8, 4) is 0 Å². The Kier molecular flexibility index (Phi) is 5.31. The number of nitrogens with zero attached hydrogens (tertiary/aromatic N) is 4. The molecule has 6 rings (SSSR count). The number of carbonyl (C=O) groups is 2. The van der Waals surface area contributed by atoms with E-state index in [0.29, 0.717) is 39.8 Å². The Morgan fingerprint density at radius 2 is 1.74 bits per heavy atom. The predicted octanol–water partition coefficient (Wildman–Crippen LogP) is 5.09. The highest BCUT2D eigenvalue weighted by Crippen LogP contribution is 2.50. The molecule has 0 bridgehead atoms. The first-order valence-electron chi connectivity index (χ1n) is 11.1. The lowest BCUT2D eigenvalue weighted by atomic mass is 9.90. The molecular weight excluding hydrogens is 480 g/mol. The highest BCUT2D eigenvalue weighted by molar-refractivity contribution is 7.99. The van der Waals surface area contributed by atoms with Crippen molar-refractivity contribution < 1.29 is 9.59 Å². The SMILES string of the molecule is O=C1c2ccncc2C2(c3ccc(Cl)cc3)N1CCN2C(=O)c1cccnc1Sc1ccccc1. The minimum Gasteiger partial charge on any atom is -0.306 e. The Hall–Kier alpha value is -3.68. The standard InChI is InChI=1S/C27H19ClN4O2S/c28-19-10-8-18(9-11-19)27-23-17-29-14-12-21(23)25(33)31(27)15-16-32(27)26(34)22-7-4-13-30-24(22)35-20-5-2-1-3-6-20/h1-14,17H,15-16H2. The van der Waals surface area contributed by atoms with Gasteiger partial charge in [-0.1, -0.05) is 53.7 Å². The number of rotatable bonds is 4. The molecule has 4 heterocycles. The number of benzene rings is 2. The number of fused-ring (bicyclic) bond motifs is 3. The summed E-state index contributed by atoms with van der Waals surface area (Å²) in [6.45, 7) is 0.787. The molecule has 2 aliphatic heterocycles. The summed E-state index contributed by atoms with van der Waals surface area (Å²) in [5, 5.41) is 1.20. The molecule has 172 valence electrons. The molecule has 1 unspecified atom stereocenters. The molecule has 35 heavy (non-hydrogen) atoms. The summed E-state index contributed by atoms with van der Waals surface area (Å²) < 4.78 is 0. The van der Waals surface area contributed by atoms with Crippen LogP contribution in [0, 0.1) is 0 Å². The van der Waals surface area contributed by atoms with E-state index in [1.165, 1.54) is 11.8 Å². The van der Waals surface area contributed by atoms with Crippen molar-refractivity contribution >= 4 is 35.2 Å². The molecule has 2 amide bonds. The molecule has 0 aliphatic carbocycles. The van der Waals surface area contributed by atoms with Crippen LogP contribution in [0.2, 0.25) is 5.02 Å². The number of aromatic nitrogens is 2. The third-order valence-corrected chi connectivity index (χ3v) is 7.73. The fourth-order valence-electron chi connectivity index (χ4n) is 4.99. The topological polar surface area (TPSA) is 66.4 Å². The van der Waals surface area contributed by atoms with Crippen LogP contribution in [0.1, 0.15) is 31.8 Å². The van der Waals surface area contributed by atoms with Crippen molar-refractivity contribution in [3.63, 3.8) is 0 Å². The van der Waals surface area contributed by atoms with Gasteiger partial charge in [0.1, 0.15) is 5.03 Å². The summed E-state index contributed by atoms with van der Waals surface area (Å²) in [7, 11) is 0. The van der Waals surface area contributed by atoms with E-state index in [1.54, 1.807) is 58.7 Å². The average molecular weight is 499 g/mol. The fourth-order valence-corrected chi connectivity index (χ4v) is 6.01. The van der Waals surface area contributed by atoms with E-state index >= 15 is 0 Å². The van der Waals surface area contributed by atoms with E-state index in [4.69, 9.17) is 11.6 Å². The Morgan fingerprint density at radius 3 is 2.54 bits per heavy atom. The summed E-state index contributed by atoms with van der Waals surface area (Å²) in [4.78, 5) is 41.1. The van der Waals surface area contributed by atoms with Crippen LogP contribution in [0.4, 0.5) is 0 Å². The third kappa shape index (κ3) is 3.34. The fraction of sp³-hybridized carbons (Fsp3) is 0.111. The normalized spacial score (nSPS) is 18.5. The first kappa shape index (κ1) is 21.8. The maximum atomic E-state index is 14.3. The van der Waals surface area contributed by atoms with Gasteiger partial charge in [0.25, 0.3) is 11.8 Å². The molecule has 6 nitrogen and oxygen atoms in total. The second-order valence-electron chi connectivity index (χ2n) is 8.29. The van der Waals surface area contributed by atoms with Gasteiger partial charge in [-0.3, -0.25) is 14.6 Å². The lowest BCUT2D eigenvalue weighted by molar-refractivity contribution is 0.0372. The van der Waals surface area contributed by atoms with E-state index in [1.807, 2.05) is 42.5 Å². The van der Waals surface area contributed by atoms with Crippen LogP contribution < -0.4 is 0 Å². The Morgan fingerprint density at radius 1 is 0.943 bits per heavy atom. The van der Waals surface area contributed by atoms with Crippen molar-refractivity contribution in [1.82, 2.24) is 19.8 Å². The maximum absolute atomic E-state index is 14.3. The molecule has 0 spiro atoms. The Bertz CT molecular complexity index is 1450. The van der Waals surface area contributed by atoms with Gasteiger partial charge in [0, 0.05) is 52.7 Å². The molecule has 2 aromatic heterocycles. The van der Waals surface area contributed by atoms with Gasteiger partial charge in [0.2, 0.25) is 0 Å². The van der Waals surface area contributed by atoms with Gasteiger partial charge in [-0.25, -0.2) is 4.98 Å². The van der Waals surface area contributed by atoms with Gasteiger partial charge in [-0.2, -0.15) is 0 Å². The van der Waals surface area contributed by atoms with E-state index in [2.05, 4.69) is 9.97 Å². The molecule has 0 radical (unpaired) electrons. The van der Waals surface area contributed by atoms with E-state index in [-0.39, 0.29) is 11.8 Å². The van der Waals surface area contributed by atoms with Crippen LogP contribution in [0.15, 0.2) is 101 Å². The molecule has 0 saturated carbocycles. The van der Waals surface area contributed by atoms with E-state index < -0.39 is 5.66 Å². The second kappa shape index (κ2) is 8.52. The summed E-state index contributed by atoms with van der Waals surface area (Å²) in [5.74, 6) is -0.309. The van der Waals surface area contributed by atoms with Crippen molar-refractivity contribution in [2.24, 2.45) is 0 Å². The van der Waals surface area contributed by atoms with Gasteiger partial charge in [0.05, 0.1) is 11.1 Å². The molecule has 1 fully saturated rings. The lowest BCUT2D eigenvalue weighted by Crippen LogP contribution is -2.51. The van der Waals surface area contributed by atoms with Crippen LogP contribution in [-0.4, -0.2) is 44.7 Å². The number of hydrogen-bond acceptors (Lipinski definition) is 5. The largest absolute Gasteiger partial charge is 0.306 e. The number of hydrogen-bond donors (Lipinski definition) is 0. The third-order valence-electron chi connectivity index (χ3n) is 6.45. The van der Waals surface area contributed by atoms with Gasteiger partial charge < -0.3 is 9.80 Å². The number of carbonyl (C=O) groups excluding carboxylic acids is 2. The van der Waals surface area contributed by atoms with Crippen LogP contribution in [0.3, 0.4) is 0 Å². The van der Waals surface area contributed by atoms with Gasteiger partial charge in [-0.15, -0.1) is 0 Å². The second-order valence-corrected chi connectivity index (χ2v) is 9.78. The minimum atomic E-state index is -1.10. The van der Waals surface area contributed by atoms with Crippen molar-refractivity contribution in [2.45, 2.75) is 15.6 Å². The van der Waals surface area contributed by atoms with E-state index in [9.17, 15) is 9.59 Å². The van der Waals surface area contributed by atoms with Crippen LogP contribution in [0.5, 0.6) is 0 Å². The van der Waals surface area contributed by atoms with E-state index in [0.717, 1.165) is 10.5 Å². The molecule has 0 N–H and O–H groups in total. The minimum absolute atomic E-state index is 0.113. The highest BCUT2D eigenvalue weighted by Gasteiger charge is 2.60. The molecule has 4 aromatic rings.